The maximum Gasteiger partial charge on any atom is 0.435 e. The van der Waals surface area contributed by atoms with Crippen molar-refractivity contribution in [1.82, 2.24) is 0 Å². The van der Waals surface area contributed by atoms with Gasteiger partial charge in [-0.15, -0.1) is 0 Å². The molecule has 172 valence electrons. The Morgan fingerprint density at radius 3 is 2.27 bits per heavy atom. The van der Waals surface area contributed by atoms with E-state index >= 15 is 0 Å². The molecule has 4 rings (SSSR count). The Hall–Kier alpha value is -3.27. The van der Waals surface area contributed by atoms with E-state index in [0.717, 1.165) is 6.07 Å². The Balaban J connectivity index is 1.85. The number of hydrogen-bond acceptors (Lipinski definition) is 3. The highest BCUT2D eigenvalue weighted by Crippen LogP contribution is 2.50. The molecule has 1 amide bonds. The van der Waals surface area contributed by atoms with Crippen molar-refractivity contribution < 1.29 is 36.0 Å². The maximum absolute atomic E-state index is 14.3. The van der Waals surface area contributed by atoms with Crippen LogP contribution >= 0.6 is 11.6 Å². The molecule has 0 bridgehead atoms. The van der Waals surface area contributed by atoms with Crippen molar-refractivity contribution in [3.63, 3.8) is 0 Å². The molecule has 1 aliphatic rings. The number of rotatable bonds is 3. The number of fused-ring (bicyclic) bond motifs is 1. The summed E-state index contributed by atoms with van der Waals surface area (Å²) in [5.74, 6) is -0.731. The van der Waals surface area contributed by atoms with Crippen molar-refractivity contribution in [2.45, 2.75) is 24.4 Å². The van der Waals surface area contributed by atoms with Crippen LogP contribution in [-0.4, -0.2) is 17.8 Å². The fourth-order valence-electron chi connectivity index (χ4n) is 3.80. The molecule has 4 nitrogen and oxygen atoms in total. The van der Waals surface area contributed by atoms with Crippen molar-refractivity contribution in [2.24, 2.45) is 10.9 Å². The molecule has 1 unspecified atom stereocenters. The van der Waals surface area contributed by atoms with Gasteiger partial charge in [0.25, 0.3) is 5.60 Å². The molecule has 11 heteroatoms. The third kappa shape index (κ3) is 3.88. The Bertz CT molecular complexity index is 1300. The third-order valence-corrected chi connectivity index (χ3v) is 5.60. The van der Waals surface area contributed by atoms with E-state index in [2.05, 4.69) is 5.16 Å². The SMILES string of the molecule is NC(=O)c1ccc(C2=NOC(c3cc(Cl)cc(C(F)(F)F)c3)(C(F)(F)F)C2)c2ccccc12. The lowest BCUT2D eigenvalue weighted by Gasteiger charge is -2.30. The number of amides is 1. The Labute approximate surface area is 187 Å². The highest BCUT2D eigenvalue weighted by Gasteiger charge is 2.62. The topological polar surface area (TPSA) is 64.7 Å². The average Bonchev–Trinajstić information content (AvgIpc) is 3.18. The normalized spacial score (nSPS) is 18.8. The standard InChI is InChI=1S/C22H13ClF6N2O2/c23-13-8-11(7-12(9-13)21(24,25)26)20(22(27,28)29)10-18(31-33-20)16-5-6-17(19(30)32)15-4-2-1-3-14(15)16/h1-9H,10H2,(H2,30,32). The molecule has 33 heavy (non-hydrogen) atoms. The van der Waals surface area contributed by atoms with E-state index in [1.54, 1.807) is 24.3 Å². The lowest BCUT2D eigenvalue weighted by atomic mass is 9.84. The van der Waals surface area contributed by atoms with Gasteiger partial charge >= 0.3 is 12.4 Å². The van der Waals surface area contributed by atoms with E-state index < -0.39 is 46.4 Å². The summed E-state index contributed by atoms with van der Waals surface area (Å²) in [6.45, 7) is 0. The number of carbonyl (C=O) groups is 1. The van der Waals surface area contributed by atoms with Crippen LogP contribution < -0.4 is 5.73 Å². The summed E-state index contributed by atoms with van der Waals surface area (Å²) in [6.07, 6.45) is -11.0. The maximum atomic E-state index is 14.3. The summed E-state index contributed by atoms with van der Waals surface area (Å²) in [6, 6.07) is 10.7. The van der Waals surface area contributed by atoms with Gasteiger partial charge < -0.3 is 10.6 Å². The van der Waals surface area contributed by atoms with Crippen molar-refractivity contribution in [3.8, 4) is 0 Å². The predicted octanol–water partition coefficient (Wildman–Crippen LogP) is 6.19. The second kappa shape index (κ2) is 7.65. The summed E-state index contributed by atoms with van der Waals surface area (Å²) >= 11 is 5.72. The Morgan fingerprint density at radius 2 is 1.67 bits per heavy atom. The van der Waals surface area contributed by atoms with Crippen LogP contribution in [0.25, 0.3) is 10.8 Å². The van der Waals surface area contributed by atoms with Gasteiger partial charge in [-0.25, -0.2) is 0 Å². The Morgan fingerprint density at radius 1 is 1.00 bits per heavy atom. The lowest BCUT2D eigenvalue weighted by molar-refractivity contribution is -0.276. The monoisotopic (exact) mass is 486 g/mol. The van der Waals surface area contributed by atoms with Crippen LogP contribution in [0.1, 0.15) is 33.5 Å². The summed E-state index contributed by atoms with van der Waals surface area (Å²) in [4.78, 5) is 16.6. The number of nitrogens with two attached hydrogens (primary N) is 1. The molecule has 0 fully saturated rings. The number of hydrogen-bond donors (Lipinski definition) is 1. The molecule has 1 heterocycles. The zero-order valence-electron chi connectivity index (χ0n) is 16.4. The van der Waals surface area contributed by atoms with Crippen LogP contribution in [0.2, 0.25) is 5.02 Å². The minimum atomic E-state index is -5.13. The van der Waals surface area contributed by atoms with E-state index in [4.69, 9.17) is 22.2 Å². The molecular formula is C22H13ClF6N2O2. The summed E-state index contributed by atoms with van der Waals surface area (Å²) in [5, 5.41) is 3.85. The predicted molar refractivity (Wildman–Crippen MR) is 109 cm³/mol. The molecule has 1 atom stereocenters. The van der Waals surface area contributed by atoms with E-state index in [-0.39, 0.29) is 16.8 Å². The zero-order chi connectivity index (χ0) is 24.2. The van der Waals surface area contributed by atoms with Gasteiger partial charge in [0, 0.05) is 28.1 Å². The number of benzene rings is 3. The average molecular weight is 487 g/mol. The molecule has 0 radical (unpaired) electrons. The second-order valence-corrected chi connectivity index (χ2v) is 7.86. The molecule has 0 aromatic heterocycles. The van der Waals surface area contributed by atoms with Gasteiger partial charge in [-0.05, 0) is 35.0 Å². The van der Waals surface area contributed by atoms with Crippen molar-refractivity contribution in [3.05, 3.63) is 81.9 Å². The number of nitrogens with zero attached hydrogens (tertiary/aromatic N) is 1. The van der Waals surface area contributed by atoms with Crippen LogP contribution in [0.3, 0.4) is 0 Å². The molecular weight excluding hydrogens is 474 g/mol. The molecule has 0 saturated heterocycles. The van der Waals surface area contributed by atoms with E-state index in [1.165, 1.54) is 12.1 Å². The fraction of sp³-hybridized carbons (Fsp3) is 0.182. The van der Waals surface area contributed by atoms with Crippen LogP contribution in [0.5, 0.6) is 0 Å². The first kappa shape index (κ1) is 22.9. The number of carbonyl (C=O) groups excluding carboxylic acids is 1. The van der Waals surface area contributed by atoms with Gasteiger partial charge in [-0.3, -0.25) is 4.79 Å². The smallest absolute Gasteiger partial charge is 0.374 e. The van der Waals surface area contributed by atoms with Crippen molar-refractivity contribution in [2.75, 3.05) is 0 Å². The number of halogens is 7. The van der Waals surface area contributed by atoms with Crippen molar-refractivity contribution in [1.29, 1.82) is 0 Å². The van der Waals surface area contributed by atoms with Crippen LogP contribution in [-0.2, 0) is 16.6 Å². The first-order valence-corrected chi connectivity index (χ1v) is 9.73. The summed E-state index contributed by atoms with van der Waals surface area (Å²) < 4.78 is 82.4. The third-order valence-electron chi connectivity index (χ3n) is 5.38. The van der Waals surface area contributed by atoms with Gasteiger partial charge in [0.1, 0.15) is 0 Å². The molecule has 0 aliphatic carbocycles. The zero-order valence-corrected chi connectivity index (χ0v) is 17.1. The first-order chi connectivity index (χ1) is 15.3. The highest BCUT2D eigenvalue weighted by atomic mass is 35.5. The van der Waals surface area contributed by atoms with Gasteiger partial charge in [0.15, 0.2) is 0 Å². The molecule has 1 aliphatic heterocycles. The number of primary amides is 1. The first-order valence-electron chi connectivity index (χ1n) is 9.35. The molecule has 3 aromatic rings. The van der Waals surface area contributed by atoms with Gasteiger partial charge in [0.05, 0.1) is 11.3 Å². The number of oxime groups is 1. The Kier molecular flexibility index (Phi) is 5.31. The van der Waals surface area contributed by atoms with Crippen LogP contribution in [0, 0.1) is 0 Å². The molecule has 0 spiro atoms. The lowest BCUT2D eigenvalue weighted by Crippen LogP contribution is -2.43. The van der Waals surface area contributed by atoms with Crippen LogP contribution in [0.15, 0.2) is 59.8 Å². The second-order valence-electron chi connectivity index (χ2n) is 7.43. The van der Waals surface area contributed by atoms with Gasteiger partial charge in [-0.2, -0.15) is 26.3 Å². The van der Waals surface area contributed by atoms with Gasteiger partial charge in [-0.1, -0.05) is 47.1 Å². The van der Waals surface area contributed by atoms with Gasteiger partial charge in [0.2, 0.25) is 5.91 Å². The molecule has 2 N–H and O–H groups in total. The minimum absolute atomic E-state index is 0.153. The van der Waals surface area contributed by atoms with E-state index in [1.807, 2.05) is 0 Å². The largest absolute Gasteiger partial charge is 0.435 e. The van der Waals surface area contributed by atoms with E-state index in [0.29, 0.717) is 22.9 Å². The molecule has 3 aromatic carbocycles. The fourth-order valence-corrected chi connectivity index (χ4v) is 4.04. The van der Waals surface area contributed by atoms with Crippen molar-refractivity contribution >= 4 is 34.0 Å². The summed E-state index contributed by atoms with van der Waals surface area (Å²) in [5.41, 5.74) is 0.236. The van der Waals surface area contributed by atoms with Crippen LogP contribution in [0.4, 0.5) is 26.3 Å². The summed E-state index contributed by atoms with van der Waals surface area (Å²) in [7, 11) is 0. The highest BCUT2D eigenvalue weighted by molar-refractivity contribution is 6.30. The minimum Gasteiger partial charge on any atom is -0.374 e. The number of alkyl halides is 6. The molecule has 0 saturated carbocycles. The van der Waals surface area contributed by atoms with E-state index in [9.17, 15) is 31.1 Å². The quantitative estimate of drug-likeness (QED) is 0.448.